The Bertz CT molecular complexity index is 570. The maximum absolute atomic E-state index is 13.3. The van der Waals surface area contributed by atoms with Crippen LogP contribution in [0.1, 0.15) is 39.8 Å². The number of hydrazine groups is 1. The first kappa shape index (κ1) is 13.7. The van der Waals surface area contributed by atoms with Gasteiger partial charge in [0.05, 0.1) is 6.04 Å². The molecule has 0 radical (unpaired) electrons. The number of benzene rings is 1. The van der Waals surface area contributed by atoms with Crippen LogP contribution in [-0.4, -0.2) is 0 Å². The molecular formula is C16H19FN2S. The fourth-order valence-electron chi connectivity index (χ4n) is 2.83. The summed E-state index contributed by atoms with van der Waals surface area (Å²) in [4.78, 5) is 2.77. The number of aryl methyl sites for hydroxylation is 2. The van der Waals surface area contributed by atoms with Gasteiger partial charge in [-0.3, -0.25) is 11.3 Å². The van der Waals surface area contributed by atoms with E-state index < -0.39 is 0 Å². The molecule has 0 amide bonds. The summed E-state index contributed by atoms with van der Waals surface area (Å²) in [5, 5.41) is 0. The number of hydrogen-bond acceptors (Lipinski definition) is 3. The first-order chi connectivity index (χ1) is 9.76. The van der Waals surface area contributed by atoms with Crippen LogP contribution in [0.15, 0.2) is 30.3 Å². The van der Waals surface area contributed by atoms with Crippen molar-refractivity contribution in [1.29, 1.82) is 0 Å². The van der Waals surface area contributed by atoms with Crippen molar-refractivity contribution in [3.8, 4) is 0 Å². The molecule has 20 heavy (non-hydrogen) atoms. The van der Waals surface area contributed by atoms with Gasteiger partial charge in [0, 0.05) is 9.75 Å². The SMILES string of the molecule is NNC(Cc1cccc(F)c1)c1cc2c(s1)CCCC2. The van der Waals surface area contributed by atoms with Crippen molar-refractivity contribution < 1.29 is 4.39 Å². The Kier molecular flexibility index (Phi) is 4.15. The molecule has 0 spiro atoms. The van der Waals surface area contributed by atoms with Crippen LogP contribution in [0.3, 0.4) is 0 Å². The zero-order valence-corrected chi connectivity index (χ0v) is 12.2. The van der Waals surface area contributed by atoms with Crippen LogP contribution in [-0.2, 0) is 19.3 Å². The monoisotopic (exact) mass is 290 g/mol. The van der Waals surface area contributed by atoms with Gasteiger partial charge in [-0.25, -0.2) is 4.39 Å². The summed E-state index contributed by atoms with van der Waals surface area (Å²) in [5.41, 5.74) is 5.34. The first-order valence-corrected chi connectivity index (χ1v) is 7.90. The Hall–Kier alpha value is -1.23. The van der Waals surface area contributed by atoms with Crippen LogP contribution in [0.25, 0.3) is 0 Å². The van der Waals surface area contributed by atoms with Gasteiger partial charge in [-0.2, -0.15) is 0 Å². The van der Waals surface area contributed by atoms with E-state index in [-0.39, 0.29) is 11.9 Å². The number of hydrogen-bond donors (Lipinski definition) is 2. The third-order valence-corrected chi connectivity index (χ3v) is 5.24. The van der Waals surface area contributed by atoms with Gasteiger partial charge in [0.2, 0.25) is 0 Å². The van der Waals surface area contributed by atoms with Gasteiger partial charge in [0.25, 0.3) is 0 Å². The molecule has 3 N–H and O–H groups in total. The number of thiophene rings is 1. The van der Waals surface area contributed by atoms with E-state index in [9.17, 15) is 4.39 Å². The minimum absolute atomic E-state index is 0.0624. The molecule has 1 heterocycles. The van der Waals surface area contributed by atoms with Gasteiger partial charge in [-0.1, -0.05) is 12.1 Å². The summed E-state index contributed by atoms with van der Waals surface area (Å²) in [6.45, 7) is 0. The lowest BCUT2D eigenvalue weighted by Crippen LogP contribution is -2.29. The molecule has 1 atom stereocenters. The number of halogens is 1. The molecular weight excluding hydrogens is 271 g/mol. The second kappa shape index (κ2) is 6.04. The van der Waals surface area contributed by atoms with Gasteiger partial charge >= 0.3 is 0 Å². The molecule has 106 valence electrons. The second-order valence-corrected chi connectivity index (χ2v) is 6.53. The molecule has 3 rings (SSSR count). The van der Waals surface area contributed by atoms with Gasteiger partial charge in [-0.15, -0.1) is 11.3 Å². The minimum Gasteiger partial charge on any atom is -0.271 e. The van der Waals surface area contributed by atoms with Crippen LogP contribution < -0.4 is 11.3 Å². The molecule has 1 unspecified atom stereocenters. The van der Waals surface area contributed by atoms with Crippen molar-refractivity contribution in [1.82, 2.24) is 5.43 Å². The van der Waals surface area contributed by atoms with E-state index in [0.717, 1.165) is 5.56 Å². The number of nitrogens with one attached hydrogen (secondary N) is 1. The standard InChI is InChI=1S/C16H19FN2S/c17-13-6-3-4-11(8-13)9-14(19-18)16-10-12-5-1-2-7-15(12)20-16/h3-4,6,8,10,14,19H,1-2,5,7,9,18H2. The molecule has 0 saturated heterocycles. The quantitative estimate of drug-likeness (QED) is 0.668. The van der Waals surface area contributed by atoms with Crippen LogP contribution in [0.5, 0.6) is 0 Å². The third kappa shape index (κ3) is 2.92. The summed E-state index contributed by atoms with van der Waals surface area (Å²) >= 11 is 1.86. The average Bonchev–Trinajstić information content (AvgIpc) is 2.88. The van der Waals surface area contributed by atoms with E-state index >= 15 is 0 Å². The molecule has 1 aromatic carbocycles. The van der Waals surface area contributed by atoms with Gasteiger partial charge in [0.1, 0.15) is 5.82 Å². The minimum atomic E-state index is -0.191. The Labute approximate surface area is 122 Å². The molecule has 2 nitrogen and oxygen atoms in total. The van der Waals surface area contributed by atoms with Crippen LogP contribution in [0.2, 0.25) is 0 Å². The number of nitrogens with two attached hydrogens (primary N) is 1. The summed E-state index contributed by atoms with van der Waals surface area (Å²) in [6.07, 6.45) is 5.67. The van der Waals surface area contributed by atoms with Crippen molar-refractivity contribution in [2.75, 3.05) is 0 Å². The normalized spacial score (nSPS) is 15.9. The Morgan fingerprint density at radius 3 is 2.85 bits per heavy atom. The molecule has 0 aliphatic heterocycles. The lowest BCUT2D eigenvalue weighted by atomic mass is 9.98. The highest BCUT2D eigenvalue weighted by Gasteiger charge is 2.18. The molecule has 2 aromatic rings. The van der Waals surface area contributed by atoms with Gasteiger partial charge in [0.15, 0.2) is 0 Å². The van der Waals surface area contributed by atoms with E-state index in [1.54, 1.807) is 12.1 Å². The fraction of sp³-hybridized carbons (Fsp3) is 0.375. The molecule has 0 saturated carbocycles. The van der Waals surface area contributed by atoms with Gasteiger partial charge in [-0.05, 0) is 61.4 Å². The highest BCUT2D eigenvalue weighted by molar-refractivity contribution is 7.12. The number of fused-ring (bicyclic) bond motifs is 1. The maximum atomic E-state index is 13.3. The summed E-state index contributed by atoms with van der Waals surface area (Å²) in [7, 11) is 0. The van der Waals surface area contributed by atoms with E-state index in [4.69, 9.17) is 5.84 Å². The van der Waals surface area contributed by atoms with Crippen molar-refractivity contribution in [3.63, 3.8) is 0 Å². The van der Waals surface area contributed by atoms with Crippen LogP contribution in [0.4, 0.5) is 4.39 Å². The second-order valence-electron chi connectivity index (χ2n) is 5.36. The molecule has 0 fully saturated rings. The smallest absolute Gasteiger partial charge is 0.123 e. The topological polar surface area (TPSA) is 38.0 Å². The number of rotatable bonds is 4. The molecule has 0 bridgehead atoms. The Morgan fingerprint density at radius 2 is 2.10 bits per heavy atom. The third-order valence-electron chi connectivity index (χ3n) is 3.89. The van der Waals surface area contributed by atoms with Crippen LogP contribution >= 0.6 is 11.3 Å². The van der Waals surface area contributed by atoms with Crippen LogP contribution in [0, 0.1) is 5.82 Å². The van der Waals surface area contributed by atoms with Crippen molar-refractivity contribution in [2.24, 2.45) is 5.84 Å². The van der Waals surface area contributed by atoms with Gasteiger partial charge < -0.3 is 0 Å². The lowest BCUT2D eigenvalue weighted by molar-refractivity contribution is 0.556. The zero-order chi connectivity index (χ0) is 13.9. The van der Waals surface area contributed by atoms with Crippen molar-refractivity contribution in [3.05, 3.63) is 57.0 Å². The Balaban J connectivity index is 1.81. The first-order valence-electron chi connectivity index (χ1n) is 7.08. The van der Waals surface area contributed by atoms with E-state index in [1.807, 2.05) is 17.4 Å². The van der Waals surface area contributed by atoms with E-state index in [0.29, 0.717) is 6.42 Å². The Morgan fingerprint density at radius 1 is 1.25 bits per heavy atom. The molecule has 4 heteroatoms. The fourth-order valence-corrected chi connectivity index (χ4v) is 4.14. The summed E-state index contributed by atoms with van der Waals surface area (Å²) in [5.74, 6) is 5.52. The summed E-state index contributed by atoms with van der Waals surface area (Å²) < 4.78 is 13.3. The van der Waals surface area contributed by atoms with Crippen molar-refractivity contribution in [2.45, 2.75) is 38.1 Å². The largest absolute Gasteiger partial charge is 0.271 e. The van der Waals surface area contributed by atoms with E-state index in [1.165, 1.54) is 47.1 Å². The van der Waals surface area contributed by atoms with E-state index in [2.05, 4.69) is 11.5 Å². The summed E-state index contributed by atoms with van der Waals surface area (Å²) in [6, 6.07) is 9.09. The highest BCUT2D eigenvalue weighted by atomic mass is 32.1. The molecule has 1 aliphatic carbocycles. The average molecular weight is 290 g/mol. The maximum Gasteiger partial charge on any atom is 0.123 e. The highest BCUT2D eigenvalue weighted by Crippen LogP contribution is 2.33. The predicted octanol–water partition coefficient (Wildman–Crippen LogP) is 3.51. The predicted molar refractivity (Wildman–Crippen MR) is 81.1 cm³/mol. The zero-order valence-electron chi connectivity index (χ0n) is 11.4. The lowest BCUT2D eigenvalue weighted by Gasteiger charge is -2.14. The molecule has 1 aromatic heterocycles. The molecule has 1 aliphatic rings. The van der Waals surface area contributed by atoms with Crippen molar-refractivity contribution >= 4 is 11.3 Å².